The van der Waals surface area contributed by atoms with Crippen LogP contribution in [0, 0.1) is 0 Å². The van der Waals surface area contributed by atoms with E-state index in [1.165, 1.54) is 7.11 Å². The lowest BCUT2D eigenvalue weighted by molar-refractivity contribution is -0.141. The molecule has 0 aromatic heterocycles. The highest BCUT2D eigenvalue weighted by atomic mass is 35.5. The average Bonchev–Trinajstić information content (AvgIpc) is 2.61. The summed E-state index contributed by atoms with van der Waals surface area (Å²) in [5, 5.41) is 4.14. The highest BCUT2D eigenvalue weighted by Gasteiger charge is 2.19. The maximum atomic E-state index is 12.3. The summed E-state index contributed by atoms with van der Waals surface area (Å²) in [6.07, 6.45) is 0.965. The molecule has 2 aromatic rings. The fraction of sp³-hybridized carbons (Fsp3) is 0.263. The van der Waals surface area contributed by atoms with Gasteiger partial charge in [0.25, 0.3) is 0 Å². The van der Waals surface area contributed by atoms with Gasteiger partial charge in [0.05, 0.1) is 19.6 Å². The van der Waals surface area contributed by atoms with Gasteiger partial charge in [-0.2, -0.15) is 0 Å². The van der Waals surface area contributed by atoms with E-state index < -0.39 is 12.0 Å². The van der Waals surface area contributed by atoms with Crippen LogP contribution in [0.4, 0.5) is 0 Å². The number of carbonyl (C=O) groups excluding carboxylic acids is 2. The van der Waals surface area contributed by atoms with Crippen LogP contribution in [0.1, 0.15) is 30.0 Å². The van der Waals surface area contributed by atoms with Crippen LogP contribution < -0.4 is 5.32 Å². The number of ether oxygens (including phenoxy) is 1. The van der Waals surface area contributed by atoms with Gasteiger partial charge in [-0.15, -0.1) is 0 Å². The molecule has 0 fully saturated rings. The SMILES string of the molecule is COC(=O)CC(NC(=O)CCc1ccc(Cl)cc1)c1ccc(Cl)cc1. The minimum Gasteiger partial charge on any atom is -0.469 e. The Labute approximate surface area is 157 Å². The van der Waals surface area contributed by atoms with Crippen LogP contribution in [-0.2, 0) is 20.7 Å². The Bertz CT molecular complexity index is 714. The molecule has 2 rings (SSSR count). The van der Waals surface area contributed by atoms with Crippen molar-refractivity contribution >= 4 is 35.1 Å². The number of amides is 1. The van der Waals surface area contributed by atoms with E-state index in [0.717, 1.165) is 11.1 Å². The molecule has 0 aliphatic carbocycles. The minimum absolute atomic E-state index is 0.0603. The Morgan fingerprint density at radius 2 is 1.56 bits per heavy atom. The lowest BCUT2D eigenvalue weighted by Gasteiger charge is -2.18. The van der Waals surface area contributed by atoms with Crippen molar-refractivity contribution < 1.29 is 14.3 Å². The van der Waals surface area contributed by atoms with Gasteiger partial charge in [-0.1, -0.05) is 47.5 Å². The quantitative estimate of drug-likeness (QED) is 0.727. The molecule has 6 heteroatoms. The molecular formula is C19H19Cl2NO3. The van der Waals surface area contributed by atoms with Crippen molar-refractivity contribution in [1.82, 2.24) is 5.32 Å². The molecular weight excluding hydrogens is 361 g/mol. The first kappa shape index (κ1) is 19.3. The van der Waals surface area contributed by atoms with Gasteiger partial charge in [-0.05, 0) is 41.8 Å². The molecule has 0 aliphatic heterocycles. The fourth-order valence-electron chi connectivity index (χ4n) is 2.37. The molecule has 0 radical (unpaired) electrons. The van der Waals surface area contributed by atoms with Crippen molar-refractivity contribution in [3.05, 3.63) is 69.7 Å². The van der Waals surface area contributed by atoms with E-state index >= 15 is 0 Å². The van der Waals surface area contributed by atoms with E-state index in [2.05, 4.69) is 5.32 Å². The molecule has 1 unspecified atom stereocenters. The Balaban J connectivity index is 1.99. The van der Waals surface area contributed by atoms with Crippen LogP contribution in [0.15, 0.2) is 48.5 Å². The number of benzene rings is 2. The summed E-state index contributed by atoms with van der Waals surface area (Å²) in [5.41, 5.74) is 1.82. The zero-order valence-corrected chi connectivity index (χ0v) is 15.3. The molecule has 0 bridgehead atoms. The summed E-state index contributed by atoms with van der Waals surface area (Å²) in [7, 11) is 1.32. The van der Waals surface area contributed by atoms with Gasteiger partial charge in [0.2, 0.25) is 5.91 Å². The number of esters is 1. The Morgan fingerprint density at radius 3 is 2.12 bits per heavy atom. The molecule has 132 valence electrons. The lowest BCUT2D eigenvalue weighted by atomic mass is 10.0. The van der Waals surface area contributed by atoms with Crippen LogP contribution in [0.5, 0.6) is 0 Å². The first-order valence-corrected chi connectivity index (χ1v) is 8.59. The molecule has 1 atom stereocenters. The van der Waals surface area contributed by atoms with E-state index in [1.54, 1.807) is 36.4 Å². The standard InChI is InChI=1S/C19H19Cl2NO3/c1-25-19(24)12-17(14-5-9-16(21)10-6-14)22-18(23)11-4-13-2-7-15(20)8-3-13/h2-3,5-10,17H,4,11-12H2,1H3,(H,22,23). The summed E-state index contributed by atoms with van der Waals surface area (Å²) < 4.78 is 4.72. The van der Waals surface area contributed by atoms with Crippen molar-refractivity contribution in [3.63, 3.8) is 0 Å². The van der Waals surface area contributed by atoms with Gasteiger partial charge < -0.3 is 10.1 Å². The molecule has 0 spiro atoms. The van der Waals surface area contributed by atoms with Gasteiger partial charge in [-0.3, -0.25) is 9.59 Å². The number of aryl methyl sites for hydroxylation is 1. The van der Waals surface area contributed by atoms with E-state index in [-0.39, 0.29) is 12.3 Å². The van der Waals surface area contributed by atoms with E-state index in [0.29, 0.717) is 22.9 Å². The number of methoxy groups -OCH3 is 1. The highest BCUT2D eigenvalue weighted by molar-refractivity contribution is 6.30. The monoisotopic (exact) mass is 379 g/mol. The van der Waals surface area contributed by atoms with E-state index in [4.69, 9.17) is 27.9 Å². The normalized spacial score (nSPS) is 11.6. The molecule has 0 aliphatic rings. The summed E-state index contributed by atoms with van der Waals surface area (Å²) in [4.78, 5) is 23.9. The zero-order valence-electron chi connectivity index (χ0n) is 13.8. The Kier molecular flexibility index (Phi) is 7.29. The zero-order chi connectivity index (χ0) is 18.2. The van der Waals surface area contributed by atoms with E-state index in [1.807, 2.05) is 12.1 Å². The van der Waals surface area contributed by atoms with Gasteiger partial charge in [-0.25, -0.2) is 0 Å². The molecule has 25 heavy (non-hydrogen) atoms. The number of carbonyl (C=O) groups is 2. The second kappa shape index (κ2) is 9.44. The van der Waals surface area contributed by atoms with Gasteiger partial charge in [0.1, 0.15) is 0 Å². The molecule has 0 saturated carbocycles. The Morgan fingerprint density at radius 1 is 1.00 bits per heavy atom. The first-order chi connectivity index (χ1) is 12.0. The Hall–Kier alpha value is -2.04. The minimum atomic E-state index is -0.456. The summed E-state index contributed by atoms with van der Waals surface area (Å²) >= 11 is 11.7. The van der Waals surface area contributed by atoms with Gasteiger partial charge in [0, 0.05) is 16.5 Å². The number of hydrogen-bond acceptors (Lipinski definition) is 3. The second-order valence-electron chi connectivity index (χ2n) is 5.58. The molecule has 1 amide bonds. The van der Waals surface area contributed by atoms with Crippen LogP contribution in [0.25, 0.3) is 0 Å². The molecule has 0 saturated heterocycles. The fourth-order valence-corrected chi connectivity index (χ4v) is 2.62. The van der Waals surface area contributed by atoms with Crippen molar-refractivity contribution in [2.24, 2.45) is 0 Å². The molecule has 2 aromatic carbocycles. The molecule has 1 N–H and O–H groups in total. The second-order valence-corrected chi connectivity index (χ2v) is 6.45. The van der Waals surface area contributed by atoms with Crippen LogP contribution in [0.2, 0.25) is 10.0 Å². The lowest BCUT2D eigenvalue weighted by Crippen LogP contribution is -2.30. The summed E-state index contributed by atoms with van der Waals surface area (Å²) in [6, 6.07) is 13.9. The largest absolute Gasteiger partial charge is 0.469 e. The summed E-state index contributed by atoms with van der Waals surface area (Å²) in [6.45, 7) is 0. The first-order valence-electron chi connectivity index (χ1n) is 7.84. The number of rotatable bonds is 7. The maximum Gasteiger partial charge on any atom is 0.307 e. The predicted octanol–water partition coefficient (Wildman–Crippen LogP) is 4.35. The maximum absolute atomic E-state index is 12.3. The number of halogens is 2. The van der Waals surface area contributed by atoms with Crippen LogP contribution in [0.3, 0.4) is 0 Å². The third-order valence-corrected chi connectivity index (χ3v) is 4.26. The van der Waals surface area contributed by atoms with Crippen LogP contribution >= 0.6 is 23.2 Å². The third-order valence-electron chi connectivity index (χ3n) is 3.76. The smallest absolute Gasteiger partial charge is 0.307 e. The topological polar surface area (TPSA) is 55.4 Å². The third kappa shape index (κ3) is 6.40. The molecule has 0 heterocycles. The molecule has 4 nitrogen and oxygen atoms in total. The number of hydrogen-bond donors (Lipinski definition) is 1. The van der Waals surface area contributed by atoms with Gasteiger partial charge in [0.15, 0.2) is 0 Å². The van der Waals surface area contributed by atoms with Crippen molar-refractivity contribution in [3.8, 4) is 0 Å². The van der Waals surface area contributed by atoms with Crippen molar-refractivity contribution in [1.29, 1.82) is 0 Å². The van der Waals surface area contributed by atoms with Crippen molar-refractivity contribution in [2.75, 3.05) is 7.11 Å². The van der Waals surface area contributed by atoms with Crippen molar-refractivity contribution in [2.45, 2.75) is 25.3 Å². The average molecular weight is 380 g/mol. The predicted molar refractivity (Wildman–Crippen MR) is 98.7 cm³/mol. The van der Waals surface area contributed by atoms with E-state index in [9.17, 15) is 9.59 Å². The highest BCUT2D eigenvalue weighted by Crippen LogP contribution is 2.20. The number of nitrogens with one attached hydrogen (secondary N) is 1. The van der Waals surface area contributed by atoms with Gasteiger partial charge >= 0.3 is 5.97 Å². The van der Waals surface area contributed by atoms with Crippen LogP contribution in [-0.4, -0.2) is 19.0 Å². The summed E-state index contributed by atoms with van der Waals surface area (Å²) in [5.74, 6) is -0.531.